The molecule has 1 aromatic rings. The van der Waals surface area contributed by atoms with Crippen LogP contribution >= 0.6 is 0 Å². The van der Waals surface area contributed by atoms with E-state index >= 15 is 0 Å². The van der Waals surface area contributed by atoms with Gasteiger partial charge in [-0.25, -0.2) is 0 Å². The fourth-order valence-corrected chi connectivity index (χ4v) is 2.54. The molecule has 2 N–H and O–H groups in total. The number of phenolic OH excluding ortho intramolecular Hbond substituents is 1. The zero-order valence-corrected chi connectivity index (χ0v) is 12.3. The van der Waals surface area contributed by atoms with Gasteiger partial charge in [-0.05, 0) is 25.0 Å². The van der Waals surface area contributed by atoms with Crippen molar-refractivity contribution in [3.63, 3.8) is 0 Å². The van der Waals surface area contributed by atoms with E-state index in [1.165, 1.54) is 13.2 Å². The molecule has 2 rings (SSSR count). The third-order valence-electron chi connectivity index (χ3n) is 3.83. The van der Waals surface area contributed by atoms with Gasteiger partial charge in [-0.1, -0.05) is 0 Å². The number of ether oxygens (including phenoxy) is 1. The minimum atomic E-state index is -0.217. The average Bonchev–Trinajstić information content (AvgIpc) is 2.53. The molecule has 0 aliphatic carbocycles. The lowest BCUT2D eigenvalue weighted by Gasteiger charge is -2.31. The Morgan fingerprint density at radius 1 is 1.33 bits per heavy atom. The van der Waals surface area contributed by atoms with Crippen LogP contribution in [-0.4, -0.2) is 49.1 Å². The summed E-state index contributed by atoms with van der Waals surface area (Å²) in [4.78, 5) is 25.6. The summed E-state index contributed by atoms with van der Waals surface area (Å²) in [6.45, 7) is 1.03. The number of nitrogens with zero attached hydrogens (tertiary/aromatic N) is 1. The van der Waals surface area contributed by atoms with Crippen molar-refractivity contribution < 1.29 is 19.4 Å². The summed E-state index contributed by atoms with van der Waals surface area (Å²) in [6, 6.07) is 4.62. The van der Waals surface area contributed by atoms with Crippen molar-refractivity contribution in [2.24, 2.45) is 5.92 Å². The zero-order chi connectivity index (χ0) is 15.4. The monoisotopic (exact) mass is 292 g/mol. The number of amides is 2. The maximum atomic E-state index is 12.4. The number of hydrogen-bond acceptors (Lipinski definition) is 4. The summed E-state index contributed by atoms with van der Waals surface area (Å²) >= 11 is 0. The van der Waals surface area contributed by atoms with Crippen LogP contribution in [0.3, 0.4) is 0 Å². The van der Waals surface area contributed by atoms with Gasteiger partial charge in [0, 0.05) is 32.1 Å². The van der Waals surface area contributed by atoms with Crippen LogP contribution in [0, 0.1) is 5.92 Å². The molecule has 0 atom stereocenters. The molecule has 1 saturated heterocycles. The first-order chi connectivity index (χ1) is 10.1. The van der Waals surface area contributed by atoms with Crippen molar-refractivity contribution in [1.29, 1.82) is 0 Å². The van der Waals surface area contributed by atoms with Gasteiger partial charge < -0.3 is 20.1 Å². The molecule has 2 amide bonds. The van der Waals surface area contributed by atoms with E-state index in [0.717, 1.165) is 0 Å². The third kappa shape index (κ3) is 3.26. The number of likely N-dealkylation sites (tertiary alicyclic amines) is 1. The van der Waals surface area contributed by atoms with Gasteiger partial charge >= 0.3 is 0 Å². The number of aromatic hydroxyl groups is 1. The van der Waals surface area contributed by atoms with Crippen molar-refractivity contribution in [2.45, 2.75) is 12.8 Å². The SMILES string of the molecule is CNC(=O)C1CCN(C(=O)c2ccc(OC)cc2O)CC1. The molecule has 0 unspecified atom stereocenters. The molecule has 1 fully saturated rings. The topological polar surface area (TPSA) is 78.9 Å². The fourth-order valence-electron chi connectivity index (χ4n) is 2.54. The molecule has 6 nitrogen and oxygen atoms in total. The normalized spacial score (nSPS) is 15.6. The molecule has 1 aromatic carbocycles. The lowest BCUT2D eigenvalue weighted by Crippen LogP contribution is -2.42. The van der Waals surface area contributed by atoms with Gasteiger partial charge in [-0.2, -0.15) is 0 Å². The van der Waals surface area contributed by atoms with Gasteiger partial charge in [0.2, 0.25) is 5.91 Å². The Kier molecular flexibility index (Phi) is 4.67. The van der Waals surface area contributed by atoms with E-state index in [2.05, 4.69) is 5.32 Å². The highest BCUT2D eigenvalue weighted by Gasteiger charge is 2.28. The summed E-state index contributed by atoms with van der Waals surface area (Å²) in [5.74, 6) is 0.179. The number of phenols is 1. The predicted molar refractivity (Wildman–Crippen MR) is 77.4 cm³/mol. The van der Waals surface area contributed by atoms with Crippen molar-refractivity contribution in [3.8, 4) is 11.5 Å². The summed E-state index contributed by atoms with van der Waals surface area (Å²) in [5, 5.41) is 12.5. The Balaban J connectivity index is 2.03. The van der Waals surface area contributed by atoms with Crippen molar-refractivity contribution in [3.05, 3.63) is 23.8 Å². The smallest absolute Gasteiger partial charge is 0.257 e. The van der Waals surface area contributed by atoms with Crippen LogP contribution in [0.1, 0.15) is 23.2 Å². The Hall–Kier alpha value is -2.24. The van der Waals surface area contributed by atoms with Gasteiger partial charge in [-0.15, -0.1) is 0 Å². The largest absolute Gasteiger partial charge is 0.507 e. The number of hydrogen-bond donors (Lipinski definition) is 2. The van der Waals surface area contributed by atoms with Gasteiger partial charge in [0.15, 0.2) is 0 Å². The second-order valence-electron chi connectivity index (χ2n) is 5.06. The van der Waals surface area contributed by atoms with Crippen LogP contribution in [-0.2, 0) is 4.79 Å². The summed E-state index contributed by atoms with van der Waals surface area (Å²) < 4.78 is 5.00. The molecule has 0 aromatic heterocycles. The lowest BCUT2D eigenvalue weighted by atomic mass is 9.95. The number of methoxy groups -OCH3 is 1. The average molecular weight is 292 g/mol. The molecule has 0 spiro atoms. The number of piperidine rings is 1. The van der Waals surface area contributed by atoms with E-state index in [9.17, 15) is 14.7 Å². The van der Waals surface area contributed by atoms with E-state index in [0.29, 0.717) is 31.7 Å². The molecule has 21 heavy (non-hydrogen) atoms. The van der Waals surface area contributed by atoms with Gasteiger partial charge in [-0.3, -0.25) is 9.59 Å². The highest BCUT2D eigenvalue weighted by Crippen LogP contribution is 2.26. The molecule has 0 bridgehead atoms. The molecular weight excluding hydrogens is 272 g/mol. The maximum absolute atomic E-state index is 12.4. The molecule has 1 heterocycles. The first-order valence-electron chi connectivity index (χ1n) is 6.94. The molecular formula is C15H20N2O4. The Morgan fingerprint density at radius 2 is 2.00 bits per heavy atom. The minimum Gasteiger partial charge on any atom is -0.507 e. The maximum Gasteiger partial charge on any atom is 0.257 e. The quantitative estimate of drug-likeness (QED) is 0.871. The molecule has 0 saturated carbocycles. The molecule has 6 heteroatoms. The molecule has 1 aliphatic rings. The van der Waals surface area contributed by atoms with Crippen molar-refractivity contribution in [1.82, 2.24) is 10.2 Å². The Labute approximate surface area is 123 Å². The third-order valence-corrected chi connectivity index (χ3v) is 3.83. The molecule has 0 radical (unpaired) electrons. The van der Waals surface area contributed by atoms with Crippen molar-refractivity contribution in [2.75, 3.05) is 27.2 Å². The van der Waals surface area contributed by atoms with E-state index in [1.54, 1.807) is 24.1 Å². The van der Waals surface area contributed by atoms with Crippen LogP contribution in [0.2, 0.25) is 0 Å². The van der Waals surface area contributed by atoms with Crippen LogP contribution in [0.15, 0.2) is 18.2 Å². The highest BCUT2D eigenvalue weighted by atomic mass is 16.5. The first-order valence-corrected chi connectivity index (χ1v) is 6.94. The minimum absolute atomic E-state index is 0.0226. The van der Waals surface area contributed by atoms with Gasteiger partial charge in [0.05, 0.1) is 12.7 Å². The summed E-state index contributed by atoms with van der Waals surface area (Å²) in [5.41, 5.74) is 0.259. The van der Waals surface area contributed by atoms with Gasteiger partial charge in [0.1, 0.15) is 11.5 Å². The second-order valence-corrected chi connectivity index (χ2v) is 5.06. The number of carbonyl (C=O) groups is 2. The number of carbonyl (C=O) groups excluding carboxylic acids is 2. The Bertz CT molecular complexity index is 536. The predicted octanol–water partition coefficient (Wildman–Crippen LogP) is 0.999. The first kappa shape index (κ1) is 15.2. The van der Waals surface area contributed by atoms with Crippen molar-refractivity contribution >= 4 is 11.8 Å². The van der Waals surface area contributed by atoms with Crippen LogP contribution < -0.4 is 10.1 Å². The summed E-state index contributed by atoms with van der Waals surface area (Å²) in [6.07, 6.45) is 1.28. The molecule has 1 aliphatic heterocycles. The Morgan fingerprint density at radius 3 is 2.52 bits per heavy atom. The highest BCUT2D eigenvalue weighted by molar-refractivity contribution is 5.97. The number of nitrogens with one attached hydrogen (secondary N) is 1. The number of rotatable bonds is 3. The van der Waals surface area contributed by atoms with Crippen LogP contribution in [0.4, 0.5) is 0 Å². The number of benzene rings is 1. The fraction of sp³-hybridized carbons (Fsp3) is 0.467. The van der Waals surface area contributed by atoms with Crippen LogP contribution in [0.5, 0.6) is 11.5 Å². The summed E-state index contributed by atoms with van der Waals surface area (Å²) in [7, 11) is 3.12. The standard InChI is InChI=1S/C15H20N2O4/c1-16-14(19)10-5-7-17(8-6-10)15(20)12-4-3-11(21-2)9-13(12)18/h3-4,9-10,18H,5-8H2,1-2H3,(H,16,19). The van der Waals surface area contributed by atoms with E-state index in [4.69, 9.17) is 4.74 Å². The second kappa shape index (κ2) is 6.47. The van der Waals surface area contributed by atoms with Crippen LogP contribution in [0.25, 0.3) is 0 Å². The van der Waals surface area contributed by atoms with E-state index in [1.807, 2.05) is 0 Å². The molecule has 114 valence electrons. The van der Waals surface area contributed by atoms with Gasteiger partial charge in [0.25, 0.3) is 5.91 Å². The zero-order valence-electron chi connectivity index (χ0n) is 12.3. The van der Waals surface area contributed by atoms with E-state index in [-0.39, 0.29) is 29.0 Å². The van der Waals surface area contributed by atoms with E-state index < -0.39 is 0 Å². The lowest BCUT2D eigenvalue weighted by molar-refractivity contribution is -0.125.